The van der Waals surface area contributed by atoms with E-state index in [1.54, 1.807) is 37.3 Å². The molecule has 1 heterocycles. The molecule has 1 N–H and O–H groups in total. The summed E-state index contributed by atoms with van der Waals surface area (Å²) in [6.07, 6.45) is -2.75. The number of likely N-dealkylation sites (tertiary alicyclic amines) is 1. The highest BCUT2D eigenvalue weighted by molar-refractivity contribution is 5.75. The number of carbonyl (C=O) groups is 1. The highest BCUT2D eigenvalue weighted by atomic mass is 19.4. The van der Waals surface area contributed by atoms with E-state index in [1.165, 1.54) is 12.1 Å². The van der Waals surface area contributed by atoms with Crippen LogP contribution in [0.2, 0.25) is 0 Å². The molecule has 1 unspecified atom stereocenters. The normalized spacial score (nSPS) is 16.2. The first-order valence-electron chi connectivity index (χ1n) is 9.85. The molecule has 1 saturated heterocycles. The predicted octanol–water partition coefficient (Wildman–Crippen LogP) is 4.69. The highest BCUT2D eigenvalue weighted by Crippen LogP contribution is 2.38. The summed E-state index contributed by atoms with van der Waals surface area (Å²) < 4.78 is 52.5. The third-order valence-electron chi connectivity index (χ3n) is 5.06. The van der Waals surface area contributed by atoms with Crippen molar-refractivity contribution in [2.45, 2.75) is 31.6 Å². The van der Waals surface area contributed by atoms with Crippen LogP contribution in [0, 0.1) is 0 Å². The molecule has 168 valence electrons. The Morgan fingerprint density at radius 2 is 1.94 bits per heavy atom. The van der Waals surface area contributed by atoms with Crippen molar-refractivity contribution in [2.75, 3.05) is 27.4 Å². The lowest BCUT2D eigenvalue weighted by Gasteiger charge is -2.27. The number of carbonyl (C=O) groups excluding carboxylic acids is 1. The molecule has 0 radical (unpaired) electrons. The molecule has 1 aliphatic heterocycles. The Bertz CT molecular complexity index is 905. The molecule has 1 fully saturated rings. The summed E-state index contributed by atoms with van der Waals surface area (Å²) in [4.78, 5) is 14.6. The standard InChI is InChI=1S/C22H25F3N2O4/c1-29-16-8-9-18(20(12-16)30-2)19-7-4-10-27(19)21(28)26-13-15-5-3-6-17(11-15)31-14-22(23,24)25/h3,5-6,8-9,11-12,19H,4,7,10,13-14H2,1-2H3,(H,26,28). The molecular weight excluding hydrogens is 413 g/mol. The molecule has 1 aliphatic rings. The van der Waals surface area contributed by atoms with Crippen molar-refractivity contribution in [3.05, 3.63) is 53.6 Å². The second kappa shape index (κ2) is 9.80. The summed E-state index contributed by atoms with van der Waals surface area (Å²) >= 11 is 0. The molecule has 31 heavy (non-hydrogen) atoms. The zero-order chi connectivity index (χ0) is 22.4. The topological polar surface area (TPSA) is 60.0 Å². The van der Waals surface area contributed by atoms with E-state index < -0.39 is 12.8 Å². The van der Waals surface area contributed by atoms with E-state index in [0.717, 1.165) is 18.4 Å². The van der Waals surface area contributed by atoms with Gasteiger partial charge in [-0.05, 0) is 42.7 Å². The molecule has 1 atom stereocenters. The van der Waals surface area contributed by atoms with Crippen LogP contribution in [-0.2, 0) is 6.54 Å². The number of benzene rings is 2. The van der Waals surface area contributed by atoms with Gasteiger partial charge in [-0.15, -0.1) is 0 Å². The fourth-order valence-corrected chi connectivity index (χ4v) is 3.62. The quantitative estimate of drug-likeness (QED) is 0.681. The third kappa shape index (κ3) is 5.96. The van der Waals surface area contributed by atoms with Crippen molar-refractivity contribution in [3.63, 3.8) is 0 Å². The maximum Gasteiger partial charge on any atom is 0.422 e. The lowest BCUT2D eigenvalue weighted by atomic mass is 10.0. The van der Waals surface area contributed by atoms with Crippen LogP contribution in [0.4, 0.5) is 18.0 Å². The van der Waals surface area contributed by atoms with Gasteiger partial charge in [-0.25, -0.2) is 4.79 Å². The molecule has 2 aromatic carbocycles. The third-order valence-corrected chi connectivity index (χ3v) is 5.06. The van der Waals surface area contributed by atoms with Gasteiger partial charge in [0.25, 0.3) is 0 Å². The minimum absolute atomic E-state index is 0.103. The van der Waals surface area contributed by atoms with E-state index in [9.17, 15) is 18.0 Å². The van der Waals surface area contributed by atoms with Gasteiger partial charge < -0.3 is 24.4 Å². The monoisotopic (exact) mass is 438 g/mol. The summed E-state index contributed by atoms with van der Waals surface area (Å²) in [7, 11) is 3.15. The van der Waals surface area contributed by atoms with Gasteiger partial charge in [0.1, 0.15) is 17.2 Å². The number of methoxy groups -OCH3 is 2. The van der Waals surface area contributed by atoms with Crippen LogP contribution >= 0.6 is 0 Å². The number of nitrogens with zero attached hydrogens (tertiary/aromatic N) is 1. The Balaban J connectivity index is 1.64. The molecule has 0 spiro atoms. The van der Waals surface area contributed by atoms with Crippen LogP contribution in [-0.4, -0.2) is 44.5 Å². The van der Waals surface area contributed by atoms with Crippen LogP contribution < -0.4 is 19.5 Å². The van der Waals surface area contributed by atoms with Crippen molar-refractivity contribution < 1.29 is 32.2 Å². The van der Waals surface area contributed by atoms with E-state index in [1.807, 2.05) is 12.1 Å². The summed E-state index contributed by atoms with van der Waals surface area (Å²) in [6, 6.07) is 11.4. The number of urea groups is 1. The average Bonchev–Trinajstić information content (AvgIpc) is 3.25. The smallest absolute Gasteiger partial charge is 0.422 e. The van der Waals surface area contributed by atoms with Gasteiger partial charge in [0.05, 0.1) is 20.3 Å². The minimum Gasteiger partial charge on any atom is -0.497 e. The predicted molar refractivity (Wildman–Crippen MR) is 108 cm³/mol. The molecular formula is C22H25F3N2O4. The SMILES string of the molecule is COc1ccc(C2CCCN2C(=O)NCc2cccc(OCC(F)(F)F)c2)c(OC)c1. The van der Waals surface area contributed by atoms with Crippen molar-refractivity contribution in [2.24, 2.45) is 0 Å². The maximum absolute atomic E-state index is 12.8. The van der Waals surface area contributed by atoms with Gasteiger partial charge in [-0.1, -0.05) is 12.1 Å². The van der Waals surface area contributed by atoms with Crippen LogP contribution in [0.25, 0.3) is 0 Å². The minimum atomic E-state index is -4.41. The molecule has 2 aromatic rings. The van der Waals surface area contributed by atoms with E-state index in [2.05, 4.69) is 5.32 Å². The first kappa shape index (κ1) is 22.6. The number of amides is 2. The summed E-state index contributed by atoms with van der Waals surface area (Å²) in [6.45, 7) is -0.590. The lowest BCUT2D eigenvalue weighted by Crippen LogP contribution is -2.39. The van der Waals surface area contributed by atoms with Crippen LogP contribution in [0.15, 0.2) is 42.5 Å². The molecule has 2 amide bonds. The number of hydrogen-bond acceptors (Lipinski definition) is 4. The van der Waals surface area contributed by atoms with Crippen molar-refractivity contribution >= 4 is 6.03 Å². The number of nitrogens with one attached hydrogen (secondary N) is 1. The number of halogens is 3. The van der Waals surface area contributed by atoms with Crippen molar-refractivity contribution in [3.8, 4) is 17.2 Å². The molecule has 3 rings (SSSR count). The molecule has 9 heteroatoms. The second-order valence-electron chi connectivity index (χ2n) is 7.17. The maximum atomic E-state index is 12.8. The van der Waals surface area contributed by atoms with Crippen molar-refractivity contribution in [1.29, 1.82) is 0 Å². The largest absolute Gasteiger partial charge is 0.497 e. The zero-order valence-corrected chi connectivity index (χ0v) is 17.4. The van der Waals surface area contributed by atoms with Gasteiger partial charge >= 0.3 is 12.2 Å². The summed E-state index contributed by atoms with van der Waals surface area (Å²) in [5, 5.41) is 2.84. The van der Waals surface area contributed by atoms with E-state index >= 15 is 0 Å². The van der Waals surface area contributed by atoms with Gasteiger partial charge in [0.2, 0.25) is 0 Å². The highest BCUT2D eigenvalue weighted by Gasteiger charge is 2.32. The Morgan fingerprint density at radius 3 is 2.65 bits per heavy atom. The Kier molecular flexibility index (Phi) is 7.14. The average molecular weight is 438 g/mol. The first-order valence-corrected chi connectivity index (χ1v) is 9.85. The fourth-order valence-electron chi connectivity index (χ4n) is 3.62. The number of hydrogen-bond donors (Lipinski definition) is 1. The molecule has 0 aliphatic carbocycles. The molecule has 6 nitrogen and oxygen atoms in total. The van der Waals surface area contributed by atoms with E-state index in [-0.39, 0.29) is 24.4 Å². The summed E-state index contributed by atoms with van der Waals surface area (Å²) in [5.41, 5.74) is 1.55. The zero-order valence-electron chi connectivity index (χ0n) is 17.4. The number of rotatable bonds is 7. The Morgan fingerprint density at radius 1 is 1.13 bits per heavy atom. The molecule has 0 saturated carbocycles. The van der Waals surface area contributed by atoms with Gasteiger partial charge in [0.15, 0.2) is 6.61 Å². The number of ether oxygens (including phenoxy) is 3. The van der Waals surface area contributed by atoms with Gasteiger partial charge in [-0.2, -0.15) is 13.2 Å². The first-order chi connectivity index (χ1) is 14.8. The molecule has 0 bridgehead atoms. The van der Waals surface area contributed by atoms with Crippen LogP contribution in [0.5, 0.6) is 17.2 Å². The second-order valence-corrected chi connectivity index (χ2v) is 7.17. The van der Waals surface area contributed by atoms with Crippen LogP contribution in [0.3, 0.4) is 0 Å². The van der Waals surface area contributed by atoms with Gasteiger partial charge in [0, 0.05) is 24.7 Å². The fraction of sp³-hybridized carbons (Fsp3) is 0.409. The number of alkyl halides is 3. The van der Waals surface area contributed by atoms with Gasteiger partial charge in [-0.3, -0.25) is 0 Å². The van der Waals surface area contributed by atoms with E-state index in [0.29, 0.717) is 23.6 Å². The lowest BCUT2D eigenvalue weighted by molar-refractivity contribution is -0.153. The Hall–Kier alpha value is -3.10. The Labute approximate surface area is 178 Å². The van der Waals surface area contributed by atoms with Crippen molar-refractivity contribution in [1.82, 2.24) is 10.2 Å². The molecule has 0 aromatic heterocycles. The van der Waals surface area contributed by atoms with Crippen LogP contribution in [0.1, 0.15) is 30.0 Å². The summed E-state index contributed by atoms with van der Waals surface area (Å²) in [5.74, 6) is 1.42. The van der Waals surface area contributed by atoms with E-state index in [4.69, 9.17) is 14.2 Å².